The molecule has 0 spiro atoms. The van der Waals surface area contributed by atoms with Crippen molar-refractivity contribution >= 4 is 0 Å². The molecule has 34 heavy (non-hydrogen) atoms. The lowest BCUT2D eigenvalue weighted by Crippen LogP contribution is -2.77. The third-order valence-corrected chi connectivity index (χ3v) is 6.53. The molecular weight excluding hydrogens is 472 g/mol. The van der Waals surface area contributed by atoms with E-state index in [9.17, 15) is 61.3 Å². The lowest BCUT2D eigenvalue weighted by Gasteiger charge is -2.55. The molecule has 3 aliphatic rings. The summed E-state index contributed by atoms with van der Waals surface area (Å²) in [6, 6.07) is 0. The van der Waals surface area contributed by atoms with Gasteiger partial charge in [0, 0.05) is 0 Å². The fraction of sp³-hybridized carbons (Fsp3) is 1.00. The minimum Gasteiger partial charge on any atom is -0.394 e. The highest BCUT2D eigenvalue weighted by Gasteiger charge is 2.64. The third-order valence-electron chi connectivity index (χ3n) is 6.53. The summed E-state index contributed by atoms with van der Waals surface area (Å²) in [6.07, 6.45) is -26.2. The van der Waals surface area contributed by atoms with Crippen LogP contribution in [0.3, 0.4) is 0 Å². The van der Waals surface area contributed by atoms with Crippen molar-refractivity contribution in [2.75, 3.05) is 19.8 Å². The molecule has 3 heterocycles. The summed E-state index contributed by atoms with van der Waals surface area (Å²) >= 11 is 0. The van der Waals surface area contributed by atoms with Crippen molar-refractivity contribution < 1.29 is 80.2 Å². The second-order valence-corrected chi connectivity index (χ2v) is 8.58. The topological polar surface area (TPSA) is 280 Å². The number of hydrogen-bond acceptors (Lipinski definition) is 16. The van der Waals surface area contributed by atoms with Crippen molar-refractivity contribution in [1.29, 1.82) is 0 Å². The molecule has 0 radical (unpaired) electrons. The number of ether oxygens (including phenoxy) is 4. The van der Waals surface area contributed by atoms with Crippen LogP contribution in [0.2, 0.25) is 0 Å². The summed E-state index contributed by atoms with van der Waals surface area (Å²) in [7, 11) is 0. The molecule has 0 bridgehead atoms. The Morgan fingerprint density at radius 3 is 1.79 bits per heavy atom. The van der Waals surface area contributed by atoms with Gasteiger partial charge in [-0.15, -0.1) is 0 Å². The minimum absolute atomic E-state index is 0.810. The first-order valence-corrected chi connectivity index (χ1v) is 10.5. The maximum Gasteiger partial charge on any atom is 0.187 e. The van der Waals surface area contributed by atoms with E-state index >= 15 is 0 Å². The van der Waals surface area contributed by atoms with Crippen molar-refractivity contribution in [3.63, 3.8) is 0 Å². The molecule has 12 N–H and O–H groups in total. The smallest absolute Gasteiger partial charge is 0.187 e. The Hall–Kier alpha value is -0.640. The fourth-order valence-electron chi connectivity index (χ4n) is 4.49. The van der Waals surface area contributed by atoms with E-state index in [4.69, 9.17) is 18.9 Å². The van der Waals surface area contributed by atoms with E-state index in [1.807, 2.05) is 0 Å². The quantitative estimate of drug-likeness (QED) is 0.160. The Labute approximate surface area is 192 Å². The molecule has 0 saturated carbocycles. The van der Waals surface area contributed by atoms with Crippen LogP contribution in [0.25, 0.3) is 0 Å². The highest BCUT2D eigenvalue weighted by Crippen LogP contribution is 2.40. The zero-order valence-corrected chi connectivity index (χ0v) is 17.7. The van der Waals surface area contributed by atoms with Crippen molar-refractivity contribution in [2.24, 2.45) is 0 Å². The van der Waals surface area contributed by atoms with E-state index in [0.29, 0.717) is 0 Å². The van der Waals surface area contributed by atoms with Crippen molar-refractivity contribution in [1.82, 2.24) is 0 Å². The first-order valence-electron chi connectivity index (χ1n) is 10.5. The Bertz CT molecular complexity index is 662. The first kappa shape index (κ1) is 27.9. The van der Waals surface area contributed by atoms with Gasteiger partial charge in [-0.2, -0.15) is 0 Å². The number of aliphatic hydroxyl groups is 12. The molecule has 16 nitrogen and oxygen atoms in total. The lowest BCUT2D eigenvalue weighted by atomic mass is 9.75. The predicted molar refractivity (Wildman–Crippen MR) is 101 cm³/mol. The van der Waals surface area contributed by atoms with E-state index in [1.165, 1.54) is 0 Å². The second kappa shape index (κ2) is 10.8. The molecule has 200 valence electrons. The van der Waals surface area contributed by atoms with E-state index < -0.39 is 111 Å². The number of aliphatic hydroxyl groups excluding tert-OH is 11. The van der Waals surface area contributed by atoms with Crippen LogP contribution >= 0.6 is 0 Å². The molecule has 3 aliphatic heterocycles. The Kier molecular flexibility index (Phi) is 8.85. The minimum atomic E-state index is -2.82. The zero-order valence-electron chi connectivity index (χ0n) is 17.7. The predicted octanol–water partition coefficient (Wildman–Crippen LogP) is -8.18. The summed E-state index contributed by atoms with van der Waals surface area (Å²) < 4.78 is 20.9. The Balaban J connectivity index is 1.85. The normalized spacial score (nSPS) is 54.7. The zero-order chi connectivity index (χ0) is 25.5. The van der Waals surface area contributed by atoms with Crippen LogP contribution in [0.1, 0.15) is 0 Å². The average Bonchev–Trinajstić information content (AvgIpc) is 2.82. The molecular formula is C18H32O16. The molecule has 16 heteroatoms. The molecule has 0 amide bonds. The molecule has 0 aromatic heterocycles. The number of rotatable bonds is 6. The van der Waals surface area contributed by atoms with Crippen LogP contribution in [0.4, 0.5) is 0 Å². The Morgan fingerprint density at radius 2 is 1.24 bits per heavy atom. The van der Waals surface area contributed by atoms with E-state index in [0.717, 1.165) is 0 Å². The van der Waals surface area contributed by atoms with Crippen LogP contribution in [0.15, 0.2) is 0 Å². The molecule has 0 aromatic carbocycles. The highest BCUT2D eigenvalue weighted by atomic mass is 16.7. The van der Waals surface area contributed by atoms with Gasteiger partial charge in [-0.25, -0.2) is 0 Å². The molecule has 0 aromatic rings. The Morgan fingerprint density at radius 1 is 0.618 bits per heavy atom. The van der Waals surface area contributed by atoms with Crippen molar-refractivity contribution in [3.8, 4) is 0 Å². The second-order valence-electron chi connectivity index (χ2n) is 8.58. The molecule has 3 saturated heterocycles. The number of hydrogen-bond donors (Lipinski definition) is 12. The van der Waals surface area contributed by atoms with E-state index in [2.05, 4.69) is 0 Å². The standard InChI is InChI=1S/C18H32O16/c19-1-4-7(22)8(23)10(25)15(31-4)18(30)6(3-21)33-17(12(27)14(18)28)34-13-5(2-20)32-16(29)11(26)9(13)24/h4-17,19-30H,1-3H2/t4-,5-,6-,7+,8+,9-,10-,11-,12-,13-,14-,15-,16-,17+,18+/m1/s1. The van der Waals surface area contributed by atoms with Crippen LogP contribution in [-0.2, 0) is 18.9 Å². The van der Waals surface area contributed by atoms with Gasteiger partial charge in [0.25, 0.3) is 0 Å². The van der Waals surface area contributed by atoms with Gasteiger partial charge in [-0.1, -0.05) is 0 Å². The molecule has 0 unspecified atom stereocenters. The largest absolute Gasteiger partial charge is 0.394 e. The fourth-order valence-corrected chi connectivity index (χ4v) is 4.49. The summed E-state index contributed by atoms with van der Waals surface area (Å²) in [4.78, 5) is 0. The van der Waals surface area contributed by atoms with Crippen LogP contribution in [0, 0.1) is 0 Å². The lowest BCUT2D eigenvalue weighted by molar-refractivity contribution is -0.391. The van der Waals surface area contributed by atoms with Gasteiger partial charge in [-0.3, -0.25) is 0 Å². The summed E-state index contributed by atoms with van der Waals surface area (Å²) in [5.74, 6) is 0. The molecule has 15 atom stereocenters. The van der Waals surface area contributed by atoms with Crippen molar-refractivity contribution in [3.05, 3.63) is 0 Å². The highest BCUT2D eigenvalue weighted by molar-refractivity contribution is 5.12. The summed E-state index contributed by atoms with van der Waals surface area (Å²) in [5, 5.41) is 121. The van der Waals surface area contributed by atoms with Crippen molar-refractivity contribution in [2.45, 2.75) is 91.4 Å². The van der Waals surface area contributed by atoms with Gasteiger partial charge in [0.05, 0.1) is 19.8 Å². The molecule has 0 aliphatic carbocycles. The molecule has 3 fully saturated rings. The maximum absolute atomic E-state index is 11.2. The van der Waals surface area contributed by atoms with Gasteiger partial charge in [0.1, 0.15) is 73.2 Å². The van der Waals surface area contributed by atoms with Gasteiger partial charge in [-0.05, 0) is 0 Å². The van der Waals surface area contributed by atoms with Crippen LogP contribution in [-0.4, -0.2) is 173 Å². The van der Waals surface area contributed by atoms with Gasteiger partial charge in [0.2, 0.25) is 0 Å². The molecule has 3 rings (SSSR count). The first-order chi connectivity index (χ1) is 15.9. The summed E-state index contributed by atoms with van der Waals surface area (Å²) in [6.45, 7) is -2.73. The van der Waals surface area contributed by atoms with Gasteiger partial charge >= 0.3 is 0 Å². The van der Waals surface area contributed by atoms with E-state index in [-0.39, 0.29) is 0 Å². The third kappa shape index (κ3) is 4.59. The van der Waals surface area contributed by atoms with Crippen LogP contribution in [0.5, 0.6) is 0 Å². The van der Waals surface area contributed by atoms with Crippen LogP contribution < -0.4 is 0 Å². The monoisotopic (exact) mass is 504 g/mol. The average molecular weight is 504 g/mol. The maximum atomic E-state index is 11.2. The SMILES string of the molecule is OC[C@H]1O[C@@H]([C@@]2(O)[C@H](O)[C@@H](O)[C@H](O[C@H]3[C@H](O)[C@@H](O)[C@H](O)O[C@@H]3CO)O[C@@H]2CO)[C@H](O)[C@@H](O)[C@H]1O. The van der Waals surface area contributed by atoms with Gasteiger partial charge in [0.15, 0.2) is 18.2 Å². The summed E-state index contributed by atoms with van der Waals surface area (Å²) in [5.41, 5.74) is -2.82. The van der Waals surface area contributed by atoms with Gasteiger partial charge < -0.3 is 80.2 Å². The van der Waals surface area contributed by atoms with E-state index in [1.54, 1.807) is 0 Å².